The molecular formula is C15H19NO8. The van der Waals surface area contributed by atoms with Gasteiger partial charge in [0, 0.05) is 10.8 Å². The smallest absolute Gasteiger partial charge is 0.326 e. The van der Waals surface area contributed by atoms with Crippen molar-refractivity contribution in [2.45, 2.75) is 31.4 Å². The molecule has 0 saturated heterocycles. The van der Waals surface area contributed by atoms with E-state index in [4.69, 9.17) is 13.9 Å². The molecule has 9 nitrogen and oxygen atoms in total. The fraction of sp³-hybridized carbons (Fsp3) is 0.600. The molecule has 9 heteroatoms. The Hall–Kier alpha value is -2.42. The molecule has 0 unspecified atom stereocenters. The number of aliphatic hydroxyl groups excluding tert-OH is 1. The van der Waals surface area contributed by atoms with Crippen LogP contribution in [0, 0.1) is 21.4 Å². The van der Waals surface area contributed by atoms with Gasteiger partial charge in [0.1, 0.15) is 11.7 Å². The number of hydrogen-bond donors (Lipinski definition) is 1. The summed E-state index contributed by atoms with van der Waals surface area (Å²) in [4.78, 5) is 36.2. The van der Waals surface area contributed by atoms with E-state index >= 15 is 0 Å². The van der Waals surface area contributed by atoms with Crippen molar-refractivity contribution in [3.8, 4) is 0 Å². The van der Waals surface area contributed by atoms with Crippen molar-refractivity contribution in [2.24, 2.45) is 11.3 Å². The van der Waals surface area contributed by atoms with Crippen molar-refractivity contribution in [1.29, 1.82) is 0 Å². The van der Waals surface area contributed by atoms with Gasteiger partial charge in [-0.25, -0.2) is 0 Å². The number of carbonyl (C=O) groups is 2. The molecule has 1 N–H and O–H groups in total. The first-order chi connectivity index (χ1) is 11.3. The molecule has 0 bridgehead atoms. The van der Waals surface area contributed by atoms with Gasteiger partial charge in [-0.15, -0.1) is 0 Å². The lowest BCUT2D eigenvalue weighted by Crippen LogP contribution is -2.62. The van der Waals surface area contributed by atoms with Gasteiger partial charge < -0.3 is 19.0 Å². The number of nitrogens with zero attached hydrogens (tertiary/aromatic N) is 1. The van der Waals surface area contributed by atoms with Crippen LogP contribution in [0.3, 0.4) is 0 Å². The number of ether oxygens (including phenoxy) is 2. The highest BCUT2D eigenvalue weighted by molar-refractivity contribution is 6.02. The van der Waals surface area contributed by atoms with E-state index in [2.05, 4.69) is 0 Å². The molecular weight excluding hydrogens is 322 g/mol. The van der Waals surface area contributed by atoms with Gasteiger partial charge in [0.2, 0.25) is 11.5 Å². The number of furan rings is 1. The van der Waals surface area contributed by atoms with E-state index in [0.717, 1.165) is 14.2 Å². The second-order valence-corrected chi connectivity index (χ2v) is 5.85. The molecule has 1 aliphatic carbocycles. The summed E-state index contributed by atoms with van der Waals surface area (Å²) in [6.45, 7) is 1.57. The Morgan fingerprint density at radius 2 is 1.96 bits per heavy atom. The van der Waals surface area contributed by atoms with Gasteiger partial charge in [-0.2, -0.15) is 0 Å². The summed E-state index contributed by atoms with van der Waals surface area (Å²) < 4.78 is 14.7. The molecule has 132 valence electrons. The normalized spacial score (nSPS) is 28.8. The van der Waals surface area contributed by atoms with Gasteiger partial charge in [0.05, 0.1) is 26.6 Å². The van der Waals surface area contributed by atoms with Gasteiger partial charge in [0.25, 0.3) is 0 Å². The Morgan fingerprint density at radius 1 is 1.38 bits per heavy atom. The van der Waals surface area contributed by atoms with Crippen molar-refractivity contribution in [3.63, 3.8) is 0 Å². The van der Waals surface area contributed by atoms with Gasteiger partial charge in [-0.3, -0.25) is 19.7 Å². The lowest BCUT2D eigenvalue weighted by atomic mass is 9.58. The van der Waals surface area contributed by atoms with Crippen LogP contribution < -0.4 is 0 Å². The Kier molecular flexibility index (Phi) is 4.93. The van der Waals surface area contributed by atoms with Crippen molar-refractivity contribution >= 4 is 11.9 Å². The Balaban J connectivity index is 2.77. The first-order valence-electron chi connectivity index (χ1n) is 7.34. The monoisotopic (exact) mass is 341 g/mol. The highest BCUT2D eigenvalue weighted by atomic mass is 16.6. The molecule has 1 saturated carbocycles. The third-order valence-electron chi connectivity index (χ3n) is 4.68. The summed E-state index contributed by atoms with van der Waals surface area (Å²) >= 11 is 0. The van der Waals surface area contributed by atoms with Crippen LogP contribution in [0.1, 0.15) is 25.0 Å². The number of hydrogen-bond acceptors (Lipinski definition) is 8. The van der Waals surface area contributed by atoms with E-state index in [1.165, 1.54) is 18.4 Å². The van der Waals surface area contributed by atoms with Gasteiger partial charge in [-0.1, -0.05) is 6.92 Å². The summed E-state index contributed by atoms with van der Waals surface area (Å²) in [5, 5.41) is 22.3. The SMILES string of the molecule is COC(=O)C1(C(=O)OC)[C@@H](O)C[C@@H](C)[C@H]([N+](=O)[O-])[C@@H]1c1ccco1. The van der Waals surface area contributed by atoms with E-state index in [1.54, 1.807) is 6.92 Å². The topological polar surface area (TPSA) is 129 Å². The molecule has 0 amide bonds. The van der Waals surface area contributed by atoms with Crippen LogP contribution in [0.2, 0.25) is 0 Å². The van der Waals surface area contributed by atoms with E-state index < -0.39 is 46.3 Å². The van der Waals surface area contributed by atoms with Crippen LogP contribution in [0.25, 0.3) is 0 Å². The standard InChI is InChI=1S/C15H19NO8/c1-8-7-10(17)15(13(18)22-2,14(19)23-3)11(12(8)16(20)21)9-5-4-6-24-9/h4-6,8,10-12,17H,7H2,1-3H3/t8-,10+,11+,12+/m1/s1. The number of nitro groups is 1. The summed E-state index contributed by atoms with van der Waals surface area (Å²) in [5.41, 5.74) is -2.27. The van der Waals surface area contributed by atoms with Crippen LogP contribution in [0.15, 0.2) is 22.8 Å². The highest BCUT2D eigenvalue weighted by Gasteiger charge is 2.69. The first-order valence-corrected chi connectivity index (χ1v) is 7.34. The maximum atomic E-state index is 12.5. The van der Waals surface area contributed by atoms with E-state index in [1.807, 2.05) is 0 Å². The van der Waals surface area contributed by atoms with E-state index in [9.17, 15) is 24.8 Å². The minimum absolute atomic E-state index is 0.0399. The van der Waals surface area contributed by atoms with Crippen molar-refractivity contribution in [1.82, 2.24) is 0 Å². The summed E-state index contributed by atoms with van der Waals surface area (Å²) in [7, 11) is 2.08. The van der Waals surface area contributed by atoms with E-state index in [0.29, 0.717) is 0 Å². The van der Waals surface area contributed by atoms with Crippen molar-refractivity contribution < 1.29 is 33.5 Å². The molecule has 0 aromatic carbocycles. The predicted molar refractivity (Wildman–Crippen MR) is 78.5 cm³/mol. The fourth-order valence-electron chi connectivity index (χ4n) is 3.62. The molecule has 24 heavy (non-hydrogen) atoms. The molecule has 1 heterocycles. The van der Waals surface area contributed by atoms with Gasteiger partial charge in [0.15, 0.2) is 0 Å². The first kappa shape index (κ1) is 17.9. The minimum Gasteiger partial charge on any atom is -0.469 e. The average molecular weight is 341 g/mol. The Bertz CT molecular complexity index is 609. The lowest BCUT2D eigenvalue weighted by Gasteiger charge is -2.44. The molecule has 1 aromatic heterocycles. The molecule has 1 aliphatic rings. The Morgan fingerprint density at radius 3 is 2.38 bits per heavy atom. The summed E-state index contributed by atoms with van der Waals surface area (Å²) in [6, 6.07) is 1.57. The van der Waals surface area contributed by atoms with Gasteiger partial charge >= 0.3 is 11.9 Å². The third kappa shape index (κ3) is 2.44. The molecule has 1 fully saturated rings. The molecule has 2 rings (SSSR count). The molecule has 0 aliphatic heterocycles. The average Bonchev–Trinajstić information content (AvgIpc) is 3.06. The number of rotatable bonds is 4. The number of esters is 2. The third-order valence-corrected chi connectivity index (χ3v) is 4.68. The molecule has 0 radical (unpaired) electrons. The van der Waals surface area contributed by atoms with Gasteiger partial charge in [-0.05, 0) is 18.6 Å². The largest absolute Gasteiger partial charge is 0.469 e. The zero-order valence-electron chi connectivity index (χ0n) is 13.5. The quantitative estimate of drug-likeness (QED) is 0.367. The second-order valence-electron chi connectivity index (χ2n) is 5.85. The maximum absolute atomic E-state index is 12.5. The summed E-state index contributed by atoms with van der Waals surface area (Å²) in [5.74, 6) is -4.12. The van der Waals surface area contributed by atoms with Crippen LogP contribution >= 0.6 is 0 Å². The number of carbonyl (C=O) groups excluding carboxylic acids is 2. The van der Waals surface area contributed by atoms with Crippen LogP contribution in [0.4, 0.5) is 0 Å². The summed E-state index contributed by atoms with van der Waals surface area (Å²) in [6.07, 6.45) is -0.372. The zero-order valence-corrected chi connectivity index (χ0v) is 13.5. The van der Waals surface area contributed by atoms with Crippen LogP contribution in [0.5, 0.6) is 0 Å². The van der Waals surface area contributed by atoms with Crippen molar-refractivity contribution in [3.05, 3.63) is 34.3 Å². The molecule has 0 spiro atoms. The number of methoxy groups -OCH3 is 2. The van der Waals surface area contributed by atoms with Crippen molar-refractivity contribution in [2.75, 3.05) is 14.2 Å². The molecule has 1 aromatic rings. The number of aliphatic hydroxyl groups is 1. The lowest BCUT2D eigenvalue weighted by molar-refractivity contribution is -0.543. The zero-order chi connectivity index (χ0) is 18.1. The van der Waals surface area contributed by atoms with E-state index in [-0.39, 0.29) is 12.2 Å². The van der Waals surface area contributed by atoms with Crippen LogP contribution in [-0.4, -0.2) is 48.3 Å². The predicted octanol–water partition coefficient (Wildman–Crippen LogP) is 0.742. The van der Waals surface area contributed by atoms with Crippen LogP contribution in [-0.2, 0) is 19.1 Å². The maximum Gasteiger partial charge on any atom is 0.326 e. The minimum atomic E-state index is -2.27. The highest BCUT2D eigenvalue weighted by Crippen LogP contribution is 2.52. The Labute approximate surface area is 137 Å². The molecule has 4 atom stereocenters. The second kappa shape index (κ2) is 6.60. The fourth-order valence-corrected chi connectivity index (χ4v) is 3.62.